The monoisotopic (exact) mass is 780 g/mol. The van der Waals surface area contributed by atoms with Crippen molar-refractivity contribution in [3.63, 3.8) is 0 Å². The van der Waals surface area contributed by atoms with Gasteiger partial charge in [0.15, 0.2) is 11.6 Å². The molecule has 0 radical (unpaired) electrons. The highest BCUT2D eigenvalue weighted by atomic mass is 35.5. The average molecular weight is 781 g/mol. The van der Waals surface area contributed by atoms with Crippen LogP contribution in [-0.2, 0) is 11.0 Å². The van der Waals surface area contributed by atoms with Crippen molar-refractivity contribution >= 4 is 57.5 Å². The molecule has 7 rings (SSSR count). The summed E-state index contributed by atoms with van der Waals surface area (Å²) in [7, 11) is 0. The van der Waals surface area contributed by atoms with Gasteiger partial charge < -0.3 is 20.3 Å². The van der Waals surface area contributed by atoms with Crippen molar-refractivity contribution in [1.82, 2.24) is 29.7 Å². The van der Waals surface area contributed by atoms with E-state index in [1.165, 1.54) is 35.4 Å². The SMILES string of the molecule is Cc1cc(N)nc(-c2c(Cl)cc3c(N4C[C@H](C)N(C(=O)/C(F)=C/c5nccs5)CC4C)nc(OCC45CCCN4CC(F)C5)nc3c2F)c1C(F)(F)F. The van der Waals surface area contributed by atoms with Gasteiger partial charge in [0.1, 0.15) is 34.9 Å². The predicted molar refractivity (Wildman–Crippen MR) is 190 cm³/mol. The van der Waals surface area contributed by atoms with Gasteiger partial charge in [-0.3, -0.25) is 9.69 Å². The lowest BCUT2D eigenvalue weighted by Gasteiger charge is -2.44. The highest BCUT2D eigenvalue weighted by molar-refractivity contribution is 7.10. The van der Waals surface area contributed by atoms with E-state index >= 15 is 8.78 Å². The van der Waals surface area contributed by atoms with Crippen molar-refractivity contribution in [3.05, 3.63) is 56.5 Å². The van der Waals surface area contributed by atoms with Crippen LogP contribution in [0.3, 0.4) is 0 Å². The van der Waals surface area contributed by atoms with Crippen LogP contribution in [0.15, 0.2) is 29.5 Å². The van der Waals surface area contributed by atoms with Gasteiger partial charge in [-0.25, -0.2) is 23.1 Å². The molecule has 0 saturated carbocycles. The molecule has 282 valence electrons. The van der Waals surface area contributed by atoms with E-state index < -0.39 is 74.9 Å². The Bertz CT molecular complexity index is 2100. The number of aryl methyl sites for hydroxylation is 1. The molecule has 53 heavy (non-hydrogen) atoms. The van der Waals surface area contributed by atoms with Crippen molar-refractivity contribution in [2.24, 2.45) is 0 Å². The number of thiazole rings is 1. The zero-order chi connectivity index (χ0) is 38.0. The number of rotatable bonds is 7. The third-order valence-corrected chi connectivity index (χ3v) is 11.3. The van der Waals surface area contributed by atoms with Crippen LogP contribution in [0.1, 0.15) is 49.2 Å². The number of piperazine rings is 1. The van der Waals surface area contributed by atoms with Crippen LogP contribution < -0.4 is 15.4 Å². The van der Waals surface area contributed by atoms with E-state index in [9.17, 15) is 22.4 Å². The van der Waals surface area contributed by atoms with E-state index in [4.69, 9.17) is 22.1 Å². The number of nitrogens with two attached hydrogens (primary N) is 1. The Kier molecular flexibility index (Phi) is 9.72. The maximum atomic E-state index is 16.9. The number of benzene rings is 1. The highest BCUT2D eigenvalue weighted by Crippen LogP contribution is 2.45. The summed E-state index contributed by atoms with van der Waals surface area (Å²) in [4.78, 5) is 35.3. The highest BCUT2D eigenvalue weighted by Gasteiger charge is 2.49. The van der Waals surface area contributed by atoms with Crippen LogP contribution in [0.4, 0.5) is 38.0 Å². The first kappa shape index (κ1) is 37.1. The third-order valence-electron chi connectivity index (χ3n) is 10.3. The van der Waals surface area contributed by atoms with Crippen LogP contribution in [0.2, 0.25) is 5.02 Å². The predicted octanol–water partition coefficient (Wildman–Crippen LogP) is 7.24. The number of carbonyl (C=O) groups is 1. The molecular weight excluding hydrogens is 746 g/mol. The smallest absolute Gasteiger partial charge is 0.418 e. The molecule has 1 amide bonds. The number of aromatic nitrogens is 4. The standard InChI is InChI=1S/C35H35ClF6N8O2S/c1-17-9-24(43)45-30(27(17)35(40,41)42)26-22(36)10-21-29(28(26)39)46-33(52-16-34-5-4-7-48(34)15-20(37)12-34)47-31(21)49-13-19(3)50(14-18(49)2)32(51)23(38)11-25-44-6-8-53-25/h6,8-11,18-20H,4-5,7,12-16H2,1-3H3,(H2,43,45)/b23-11-/t18?,19-,20?,34?/m0/s1. The summed E-state index contributed by atoms with van der Waals surface area (Å²) in [6.07, 6.45) is -1.67. The first-order valence-corrected chi connectivity index (χ1v) is 18.2. The van der Waals surface area contributed by atoms with E-state index in [2.05, 4.69) is 19.9 Å². The lowest BCUT2D eigenvalue weighted by molar-refractivity contribution is -0.137. The molecule has 3 saturated heterocycles. The molecule has 2 N–H and O–H groups in total. The van der Waals surface area contributed by atoms with Gasteiger partial charge in [0.05, 0.1) is 27.4 Å². The van der Waals surface area contributed by atoms with Gasteiger partial charge in [-0.2, -0.15) is 23.1 Å². The van der Waals surface area contributed by atoms with Gasteiger partial charge >= 0.3 is 12.2 Å². The summed E-state index contributed by atoms with van der Waals surface area (Å²) in [5, 5.41) is 1.64. The van der Waals surface area contributed by atoms with Crippen molar-refractivity contribution in [2.45, 2.75) is 70.0 Å². The Morgan fingerprint density at radius 1 is 1.17 bits per heavy atom. The minimum Gasteiger partial charge on any atom is -0.461 e. The minimum absolute atomic E-state index is 0.00638. The van der Waals surface area contributed by atoms with Crippen molar-refractivity contribution in [2.75, 3.05) is 43.4 Å². The first-order valence-electron chi connectivity index (χ1n) is 17.0. The second-order valence-corrected chi connectivity index (χ2v) is 15.2. The number of halogens is 7. The lowest BCUT2D eigenvalue weighted by Crippen LogP contribution is -2.58. The summed E-state index contributed by atoms with van der Waals surface area (Å²) < 4.78 is 95.8. The number of ether oxygens (including phenoxy) is 1. The first-order chi connectivity index (χ1) is 25.1. The molecule has 1 aromatic carbocycles. The van der Waals surface area contributed by atoms with Gasteiger partial charge in [0.25, 0.3) is 5.91 Å². The molecule has 18 heteroatoms. The van der Waals surface area contributed by atoms with Gasteiger partial charge in [-0.15, -0.1) is 11.3 Å². The second kappa shape index (κ2) is 13.9. The topological polar surface area (TPSA) is 114 Å². The van der Waals surface area contributed by atoms with Crippen LogP contribution in [0.5, 0.6) is 6.01 Å². The zero-order valence-corrected chi connectivity index (χ0v) is 30.4. The van der Waals surface area contributed by atoms with Crippen molar-refractivity contribution in [1.29, 1.82) is 0 Å². The Morgan fingerprint density at radius 2 is 1.94 bits per heavy atom. The van der Waals surface area contributed by atoms with Crippen molar-refractivity contribution < 1.29 is 35.9 Å². The van der Waals surface area contributed by atoms with Crippen LogP contribution >= 0.6 is 22.9 Å². The molecule has 3 aliphatic heterocycles. The largest absolute Gasteiger partial charge is 0.461 e. The molecular formula is C35H35ClF6N8O2S. The third kappa shape index (κ3) is 6.86. The fourth-order valence-electron chi connectivity index (χ4n) is 7.86. The van der Waals surface area contributed by atoms with E-state index in [0.717, 1.165) is 18.6 Å². The molecule has 3 aliphatic rings. The number of alkyl halides is 4. The molecule has 0 bridgehead atoms. The molecule has 0 spiro atoms. The van der Waals surface area contributed by atoms with E-state index in [1.807, 2.05) is 4.90 Å². The fraction of sp³-hybridized carbons (Fsp3) is 0.457. The number of fused-ring (bicyclic) bond motifs is 2. The summed E-state index contributed by atoms with van der Waals surface area (Å²) in [6.45, 7) is 5.74. The lowest BCUT2D eigenvalue weighted by atomic mass is 9.95. The molecule has 3 unspecified atom stereocenters. The van der Waals surface area contributed by atoms with E-state index in [1.54, 1.807) is 24.1 Å². The Balaban J connectivity index is 1.32. The number of pyridine rings is 1. The van der Waals surface area contributed by atoms with Gasteiger partial charge in [0, 0.05) is 61.2 Å². The molecule has 4 aromatic rings. The number of carbonyl (C=O) groups excluding carboxylic acids is 1. The quantitative estimate of drug-likeness (QED) is 0.153. The summed E-state index contributed by atoms with van der Waals surface area (Å²) in [5.41, 5.74) is 1.89. The fourth-order valence-corrected chi connectivity index (χ4v) is 8.70. The number of hydrogen-bond donors (Lipinski definition) is 1. The number of anilines is 2. The molecule has 4 atom stereocenters. The van der Waals surface area contributed by atoms with Crippen LogP contribution in [0, 0.1) is 12.7 Å². The number of hydrogen-bond acceptors (Lipinski definition) is 10. The van der Waals surface area contributed by atoms with E-state index in [0.29, 0.717) is 18.0 Å². The number of nitrogen functional groups attached to an aromatic ring is 1. The van der Waals surface area contributed by atoms with Crippen LogP contribution in [0.25, 0.3) is 28.2 Å². The number of nitrogens with zero attached hydrogens (tertiary/aromatic N) is 7. The summed E-state index contributed by atoms with van der Waals surface area (Å²) >= 11 is 7.80. The van der Waals surface area contributed by atoms with Gasteiger partial charge in [-0.05, 0) is 57.9 Å². The second-order valence-electron chi connectivity index (χ2n) is 13.9. The Morgan fingerprint density at radius 3 is 2.66 bits per heavy atom. The molecule has 6 heterocycles. The molecule has 0 aliphatic carbocycles. The summed E-state index contributed by atoms with van der Waals surface area (Å²) in [6, 6.07) is 0.906. The maximum Gasteiger partial charge on any atom is 0.418 e. The Labute approximate surface area is 309 Å². The normalized spacial score (nSPS) is 24.0. The average Bonchev–Trinajstić information content (AvgIpc) is 3.80. The molecule has 10 nitrogen and oxygen atoms in total. The minimum atomic E-state index is -4.93. The maximum absolute atomic E-state index is 16.9. The van der Waals surface area contributed by atoms with E-state index in [-0.39, 0.29) is 61.3 Å². The zero-order valence-electron chi connectivity index (χ0n) is 28.9. The molecule has 3 aromatic heterocycles. The Hall–Kier alpha value is -4.22. The van der Waals surface area contributed by atoms with Crippen molar-refractivity contribution in [3.8, 4) is 17.3 Å². The van der Waals surface area contributed by atoms with Gasteiger partial charge in [-0.1, -0.05) is 11.6 Å². The molecule has 3 fully saturated rings. The number of amides is 1. The summed E-state index contributed by atoms with van der Waals surface area (Å²) in [5.74, 6) is -3.17. The van der Waals surface area contributed by atoms with Gasteiger partial charge in [0.2, 0.25) is 0 Å². The van der Waals surface area contributed by atoms with Crippen LogP contribution in [-0.4, -0.2) is 92.2 Å².